The van der Waals surface area contributed by atoms with Gasteiger partial charge < -0.3 is 15.2 Å². The zero-order chi connectivity index (χ0) is 13.4. The Kier molecular flexibility index (Phi) is 2.91. The standard InChI is InChI=1S/C14H17N3O2/c1-9-5-10(17(2)16-9)7-18-11-3-4-12-13(15)8-19-14(12)6-11/h3-6,13H,7-8,15H2,1-2H3. The molecule has 5 heteroatoms. The van der Waals surface area contributed by atoms with Gasteiger partial charge in [0.2, 0.25) is 0 Å². The van der Waals surface area contributed by atoms with Crippen LogP contribution in [0.3, 0.4) is 0 Å². The van der Waals surface area contributed by atoms with Crippen molar-refractivity contribution >= 4 is 0 Å². The summed E-state index contributed by atoms with van der Waals surface area (Å²) in [6.45, 7) is 3.00. The molecule has 3 rings (SSSR count). The van der Waals surface area contributed by atoms with Crippen LogP contribution >= 0.6 is 0 Å². The monoisotopic (exact) mass is 259 g/mol. The van der Waals surface area contributed by atoms with Gasteiger partial charge in [-0.1, -0.05) is 0 Å². The number of benzene rings is 1. The highest BCUT2D eigenvalue weighted by atomic mass is 16.5. The van der Waals surface area contributed by atoms with Gasteiger partial charge in [0.15, 0.2) is 0 Å². The van der Waals surface area contributed by atoms with Crippen LogP contribution in [0.4, 0.5) is 0 Å². The molecule has 5 nitrogen and oxygen atoms in total. The average molecular weight is 259 g/mol. The molecule has 0 bridgehead atoms. The highest BCUT2D eigenvalue weighted by Gasteiger charge is 2.20. The number of rotatable bonds is 3. The molecule has 0 saturated heterocycles. The molecule has 0 fully saturated rings. The average Bonchev–Trinajstić information content (AvgIpc) is 2.90. The first kappa shape index (κ1) is 12.0. The Hall–Kier alpha value is -2.01. The summed E-state index contributed by atoms with van der Waals surface area (Å²) in [7, 11) is 1.91. The summed E-state index contributed by atoms with van der Waals surface area (Å²) in [5, 5.41) is 4.29. The van der Waals surface area contributed by atoms with E-state index >= 15 is 0 Å². The lowest BCUT2D eigenvalue weighted by atomic mass is 10.1. The first-order chi connectivity index (χ1) is 9.13. The predicted molar refractivity (Wildman–Crippen MR) is 71.1 cm³/mol. The van der Waals surface area contributed by atoms with Crippen molar-refractivity contribution in [2.75, 3.05) is 6.61 Å². The van der Waals surface area contributed by atoms with Crippen molar-refractivity contribution in [1.82, 2.24) is 9.78 Å². The van der Waals surface area contributed by atoms with Crippen molar-refractivity contribution in [1.29, 1.82) is 0 Å². The van der Waals surface area contributed by atoms with Crippen molar-refractivity contribution in [3.63, 3.8) is 0 Å². The van der Waals surface area contributed by atoms with Gasteiger partial charge >= 0.3 is 0 Å². The zero-order valence-corrected chi connectivity index (χ0v) is 11.1. The van der Waals surface area contributed by atoms with Gasteiger partial charge in [0.25, 0.3) is 0 Å². The minimum Gasteiger partial charge on any atom is -0.491 e. The van der Waals surface area contributed by atoms with Crippen LogP contribution in [0, 0.1) is 6.92 Å². The maximum absolute atomic E-state index is 5.91. The van der Waals surface area contributed by atoms with Crippen LogP contribution in [0.5, 0.6) is 11.5 Å². The SMILES string of the molecule is Cc1cc(COc2ccc3c(c2)OCC3N)n(C)n1. The third-order valence-corrected chi connectivity index (χ3v) is 3.29. The van der Waals surface area contributed by atoms with Gasteiger partial charge in [0, 0.05) is 18.7 Å². The number of hydrogen-bond acceptors (Lipinski definition) is 4. The number of ether oxygens (including phenoxy) is 2. The fourth-order valence-corrected chi connectivity index (χ4v) is 2.26. The van der Waals surface area contributed by atoms with E-state index in [0.29, 0.717) is 13.2 Å². The van der Waals surface area contributed by atoms with Crippen LogP contribution in [0.15, 0.2) is 24.3 Å². The number of aromatic nitrogens is 2. The normalized spacial score (nSPS) is 17.1. The quantitative estimate of drug-likeness (QED) is 0.911. The smallest absolute Gasteiger partial charge is 0.130 e. The molecule has 0 aliphatic carbocycles. The Balaban J connectivity index is 1.73. The van der Waals surface area contributed by atoms with Gasteiger partial charge in [-0.15, -0.1) is 0 Å². The molecule has 0 amide bonds. The predicted octanol–water partition coefficient (Wildman–Crippen LogP) is 1.70. The van der Waals surface area contributed by atoms with Crippen molar-refractivity contribution in [3.05, 3.63) is 41.2 Å². The number of nitrogens with two attached hydrogens (primary N) is 1. The van der Waals surface area contributed by atoms with Crippen molar-refractivity contribution in [2.24, 2.45) is 12.8 Å². The van der Waals surface area contributed by atoms with E-state index in [9.17, 15) is 0 Å². The molecule has 2 N–H and O–H groups in total. The minimum absolute atomic E-state index is 0.0243. The highest BCUT2D eigenvalue weighted by molar-refractivity contribution is 5.44. The Morgan fingerprint density at radius 2 is 2.32 bits per heavy atom. The molecule has 1 aliphatic rings. The van der Waals surface area contributed by atoms with Gasteiger partial charge in [-0.3, -0.25) is 4.68 Å². The molecule has 1 aromatic carbocycles. The third kappa shape index (κ3) is 2.29. The number of aryl methyl sites for hydroxylation is 2. The molecule has 1 atom stereocenters. The van der Waals surface area contributed by atoms with Crippen LogP contribution in [-0.4, -0.2) is 16.4 Å². The number of fused-ring (bicyclic) bond motifs is 1. The molecule has 0 saturated carbocycles. The Morgan fingerprint density at radius 3 is 3.05 bits per heavy atom. The Bertz CT molecular complexity index is 607. The molecule has 1 aromatic heterocycles. The summed E-state index contributed by atoms with van der Waals surface area (Å²) in [5.74, 6) is 1.61. The fraction of sp³-hybridized carbons (Fsp3) is 0.357. The van der Waals surface area contributed by atoms with Crippen molar-refractivity contribution < 1.29 is 9.47 Å². The summed E-state index contributed by atoms with van der Waals surface area (Å²) in [5.41, 5.74) is 8.98. The molecule has 0 spiro atoms. The van der Waals surface area contributed by atoms with E-state index in [-0.39, 0.29) is 6.04 Å². The lowest BCUT2D eigenvalue weighted by molar-refractivity contribution is 0.291. The summed E-state index contributed by atoms with van der Waals surface area (Å²) in [6, 6.07) is 7.78. The lowest BCUT2D eigenvalue weighted by Crippen LogP contribution is -2.10. The molecule has 0 radical (unpaired) electrons. The Morgan fingerprint density at radius 1 is 1.47 bits per heavy atom. The fourth-order valence-electron chi connectivity index (χ4n) is 2.26. The molecule has 100 valence electrons. The summed E-state index contributed by atoms with van der Waals surface area (Å²) in [4.78, 5) is 0. The van der Waals surface area contributed by atoms with Crippen LogP contribution in [0.1, 0.15) is 23.0 Å². The molecule has 2 aromatic rings. The van der Waals surface area contributed by atoms with E-state index in [1.807, 2.05) is 42.9 Å². The number of hydrogen-bond donors (Lipinski definition) is 1. The van der Waals surface area contributed by atoms with Crippen LogP contribution < -0.4 is 15.2 Å². The lowest BCUT2D eigenvalue weighted by Gasteiger charge is -2.08. The maximum Gasteiger partial charge on any atom is 0.130 e. The largest absolute Gasteiger partial charge is 0.491 e. The van der Waals surface area contributed by atoms with Crippen molar-refractivity contribution in [2.45, 2.75) is 19.6 Å². The van der Waals surface area contributed by atoms with E-state index < -0.39 is 0 Å². The van der Waals surface area contributed by atoms with Gasteiger partial charge in [0.05, 0.1) is 17.4 Å². The second-order valence-electron chi connectivity index (χ2n) is 4.81. The number of nitrogens with zero attached hydrogens (tertiary/aromatic N) is 2. The summed E-state index contributed by atoms with van der Waals surface area (Å²) in [6.07, 6.45) is 0. The van der Waals surface area contributed by atoms with Crippen LogP contribution in [0.2, 0.25) is 0 Å². The third-order valence-electron chi connectivity index (χ3n) is 3.29. The van der Waals surface area contributed by atoms with E-state index in [2.05, 4.69) is 5.10 Å². The first-order valence-electron chi connectivity index (χ1n) is 6.28. The van der Waals surface area contributed by atoms with Crippen molar-refractivity contribution in [3.8, 4) is 11.5 Å². The highest BCUT2D eigenvalue weighted by Crippen LogP contribution is 2.34. The molecule has 1 aliphatic heterocycles. The van der Waals surface area contributed by atoms with Crippen LogP contribution in [-0.2, 0) is 13.7 Å². The van der Waals surface area contributed by atoms with E-state index in [0.717, 1.165) is 28.5 Å². The molecule has 1 unspecified atom stereocenters. The van der Waals surface area contributed by atoms with E-state index in [1.54, 1.807) is 0 Å². The second-order valence-corrected chi connectivity index (χ2v) is 4.81. The first-order valence-corrected chi connectivity index (χ1v) is 6.28. The van der Waals surface area contributed by atoms with Gasteiger partial charge in [-0.05, 0) is 25.1 Å². The van der Waals surface area contributed by atoms with E-state index in [1.165, 1.54) is 0 Å². The van der Waals surface area contributed by atoms with Gasteiger partial charge in [-0.2, -0.15) is 5.10 Å². The molecule has 19 heavy (non-hydrogen) atoms. The molecular formula is C14H17N3O2. The summed E-state index contributed by atoms with van der Waals surface area (Å²) < 4.78 is 13.1. The maximum atomic E-state index is 5.91. The van der Waals surface area contributed by atoms with Crippen LogP contribution in [0.25, 0.3) is 0 Å². The van der Waals surface area contributed by atoms with E-state index in [4.69, 9.17) is 15.2 Å². The molecule has 2 heterocycles. The molecular weight excluding hydrogens is 242 g/mol. The topological polar surface area (TPSA) is 62.3 Å². The minimum atomic E-state index is -0.0243. The van der Waals surface area contributed by atoms with Gasteiger partial charge in [-0.25, -0.2) is 0 Å². The van der Waals surface area contributed by atoms with Gasteiger partial charge in [0.1, 0.15) is 24.7 Å². The Labute approximate surface area is 111 Å². The zero-order valence-electron chi connectivity index (χ0n) is 11.1. The summed E-state index contributed by atoms with van der Waals surface area (Å²) >= 11 is 0. The second kappa shape index (κ2) is 4.59.